The van der Waals surface area contributed by atoms with Crippen molar-refractivity contribution in [3.8, 4) is 0 Å². The summed E-state index contributed by atoms with van der Waals surface area (Å²) in [6.07, 6.45) is 68.8. The molecule has 0 aliphatic heterocycles. The highest BCUT2D eigenvalue weighted by atomic mass is 16.6. The smallest absolute Gasteiger partial charge is 0.310 e. The lowest BCUT2D eigenvalue weighted by atomic mass is 10.1. The lowest BCUT2D eigenvalue weighted by Crippen LogP contribution is -2.30. The van der Waals surface area contributed by atoms with Crippen LogP contribution in [0.4, 0.5) is 0 Å². The second kappa shape index (κ2) is 53.2. The molecule has 1 atom stereocenters. The van der Waals surface area contributed by atoms with Crippen molar-refractivity contribution in [2.24, 2.45) is 0 Å². The average molecular weight is 905 g/mol. The molecule has 0 radical (unpaired) electrons. The van der Waals surface area contributed by atoms with Gasteiger partial charge >= 0.3 is 17.9 Å². The highest BCUT2D eigenvalue weighted by Crippen LogP contribution is 2.14. The Kier molecular flexibility index (Phi) is 50.4. The molecule has 0 saturated carbocycles. The van der Waals surface area contributed by atoms with E-state index in [1.165, 1.54) is 128 Å². The molecule has 0 bridgehead atoms. The number of allylic oxidation sites excluding steroid dienone is 13. The van der Waals surface area contributed by atoms with E-state index in [-0.39, 0.29) is 31.6 Å². The van der Waals surface area contributed by atoms with Crippen LogP contribution in [0.3, 0.4) is 0 Å². The van der Waals surface area contributed by atoms with Gasteiger partial charge in [-0.25, -0.2) is 0 Å². The molecule has 1 unspecified atom stereocenters. The zero-order valence-electron chi connectivity index (χ0n) is 42.5. The maximum absolute atomic E-state index is 12.7. The largest absolute Gasteiger partial charge is 0.462 e. The molecule has 6 heteroatoms. The summed E-state index contributed by atoms with van der Waals surface area (Å²) in [6, 6.07) is 0. The predicted octanol–water partition coefficient (Wildman–Crippen LogP) is 18.0. The molecule has 0 N–H and O–H groups in total. The molecule has 0 spiro atoms. The number of ether oxygens (including phenoxy) is 3. The molecule has 0 amide bonds. The van der Waals surface area contributed by atoms with E-state index in [0.717, 1.165) is 83.5 Å². The molecule has 0 saturated heterocycles. The lowest BCUT2D eigenvalue weighted by Gasteiger charge is -2.18. The Morgan fingerprint density at radius 3 is 1.02 bits per heavy atom. The number of rotatable bonds is 48. The van der Waals surface area contributed by atoms with Crippen molar-refractivity contribution in [2.45, 2.75) is 258 Å². The van der Waals surface area contributed by atoms with E-state index in [9.17, 15) is 14.4 Å². The second-order valence-electron chi connectivity index (χ2n) is 17.8. The van der Waals surface area contributed by atoms with Crippen LogP contribution in [-0.2, 0) is 28.6 Å². The first kappa shape index (κ1) is 61.6. The second-order valence-corrected chi connectivity index (χ2v) is 17.8. The number of hydrogen-bond acceptors (Lipinski definition) is 6. The van der Waals surface area contributed by atoms with Gasteiger partial charge in [0.25, 0.3) is 0 Å². The lowest BCUT2D eigenvalue weighted by molar-refractivity contribution is -0.166. The van der Waals surface area contributed by atoms with Gasteiger partial charge in [0.15, 0.2) is 6.10 Å². The standard InChI is InChI=1S/C59H100O6/c1-4-7-10-13-16-19-22-25-27-28-29-30-32-34-37-40-43-46-49-52-58(61)64-55-56(54-63-57(60)51-48-45-42-39-36-33-24-21-18-15-12-9-6-3)65-59(62)53-50-47-44-41-38-35-31-26-23-20-17-14-11-8-5-2/h8,11,17,20-21,24-27,31,38,41,47,50,56H,4-7,9-10,12-16,18-19,22-23,28-30,32-37,39-40,42-46,48-49,51-55H2,1-3H3/b11-8-,20-17-,24-21-,27-25-,31-26-,41-38-,50-47-. The van der Waals surface area contributed by atoms with Crippen molar-refractivity contribution >= 4 is 17.9 Å². The quantitative estimate of drug-likeness (QED) is 0.0262. The summed E-state index contributed by atoms with van der Waals surface area (Å²) < 4.78 is 16.7. The number of carbonyl (C=O) groups excluding carboxylic acids is 3. The van der Waals surface area contributed by atoms with Crippen LogP contribution in [0, 0.1) is 0 Å². The Bertz CT molecular complexity index is 1270. The topological polar surface area (TPSA) is 78.9 Å². The molecular weight excluding hydrogens is 805 g/mol. The minimum Gasteiger partial charge on any atom is -0.462 e. The number of esters is 3. The summed E-state index contributed by atoms with van der Waals surface area (Å²) in [7, 11) is 0. The molecule has 0 heterocycles. The van der Waals surface area contributed by atoms with Crippen LogP contribution in [0.5, 0.6) is 0 Å². The van der Waals surface area contributed by atoms with Gasteiger partial charge in [-0.15, -0.1) is 0 Å². The molecule has 372 valence electrons. The first-order chi connectivity index (χ1) is 32.0. The molecule has 0 aliphatic carbocycles. The van der Waals surface area contributed by atoms with Gasteiger partial charge in [0.1, 0.15) is 13.2 Å². The molecule has 65 heavy (non-hydrogen) atoms. The van der Waals surface area contributed by atoms with E-state index in [1.54, 1.807) is 6.08 Å². The van der Waals surface area contributed by atoms with Gasteiger partial charge in [-0.1, -0.05) is 221 Å². The summed E-state index contributed by atoms with van der Waals surface area (Å²) in [5, 5.41) is 0. The molecule has 0 fully saturated rings. The Morgan fingerprint density at radius 2 is 0.646 bits per heavy atom. The molecule has 0 aromatic heterocycles. The van der Waals surface area contributed by atoms with E-state index in [1.807, 2.05) is 6.08 Å². The van der Waals surface area contributed by atoms with Gasteiger partial charge in [-0.05, 0) is 96.3 Å². The minimum absolute atomic E-state index is 0.0946. The third-order valence-electron chi connectivity index (χ3n) is 11.4. The van der Waals surface area contributed by atoms with E-state index >= 15 is 0 Å². The monoisotopic (exact) mass is 905 g/mol. The van der Waals surface area contributed by atoms with Crippen LogP contribution < -0.4 is 0 Å². The van der Waals surface area contributed by atoms with E-state index in [0.29, 0.717) is 12.8 Å². The van der Waals surface area contributed by atoms with E-state index in [4.69, 9.17) is 14.2 Å². The van der Waals surface area contributed by atoms with Gasteiger partial charge in [-0.3, -0.25) is 14.4 Å². The van der Waals surface area contributed by atoms with Crippen molar-refractivity contribution in [1.82, 2.24) is 0 Å². The van der Waals surface area contributed by atoms with Crippen molar-refractivity contribution < 1.29 is 28.6 Å². The van der Waals surface area contributed by atoms with Crippen LogP contribution >= 0.6 is 0 Å². The molecule has 0 aromatic rings. The molecule has 0 rings (SSSR count). The SMILES string of the molecule is CC/C=C\C/C=C\C/C=C\C/C=C\C/C=C\CC(=O)OC(COC(=O)CCCCCCC/C=C\CCCCCC)COC(=O)CCCCCCCCCCC/C=C\CCCCCCCC. The zero-order chi connectivity index (χ0) is 47.2. The first-order valence-corrected chi connectivity index (χ1v) is 27.1. The Morgan fingerprint density at radius 1 is 0.338 bits per heavy atom. The summed E-state index contributed by atoms with van der Waals surface area (Å²) in [5.74, 6) is -1.06. The fourth-order valence-electron chi connectivity index (χ4n) is 7.33. The third-order valence-corrected chi connectivity index (χ3v) is 11.4. The Balaban J connectivity index is 4.47. The van der Waals surface area contributed by atoms with Gasteiger partial charge < -0.3 is 14.2 Å². The van der Waals surface area contributed by atoms with Crippen molar-refractivity contribution in [1.29, 1.82) is 0 Å². The highest BCUT2D eigenvalue weighted by Gasteiger charge is 2.19. The first-order valence-electron chi connectivity index (χ1n) is 27.1. The van der Waals surface area contributed by atoms with E-state index < -0.39 is 12.1 Å². The molecule has 0 aromatic carbocycles. The third kappa shape index (κ3) is 51.4. The van der Waals surface area contributed by atoms with Gasteiger partial charge in [0.05, 0.1) is 6.42 Å². The van der Waals surface area contributed by atoms with Crippen LogP contribution in [0.2, 0.25) is 0 Å². The van der Waals surface area contributed by atoms with Crippen molar-refractivity contribution in [3.63, 3.8) is 0 Å². The maximum atomic E-state index is 12.7. The van der Waals surface area contributed by atoms with Gasteiger partial charge in [0.2, 0.25) is 0 Å². The number of hydrogen-bond donors (Lipinski definition) is 0. The number of carbonyl (C=O) groups is 3. The normalized spacial score (nSPS) is 12.7. The Hall–Kier alpha value is -3.41. The van der Waals surface area contributed by atoms with Crippen LogP contribution in [0.15, 0.2) is 85.1 Å². The zero-order valence-corrected chi connectivity index (χ0v) is 42.5. The van der Waals surface area contributed by atoms with Crippen molar-refractivity contribution in [3.05, 3.63) is 85.1 Å². The summed E-state index contributed by atoms with van der Waals surface area (Å²) in [6.45, 7) is 6.42. The van der Waals surface area contributed by atoms with Crippen LogP contribution in [0.1, 0.15) is 252 Å². The van der Waals surface area contributed by atoms with Crippen LogP contribution in [0.25, 0.3) is 0 Å². The minimum atomic E-state index is -0.834. The summed E-state index contributed by atoms with van der Waals surface area (Å²) in [5.41, 5.74) is 0. The maximum Gasteiger partial charge on any atom is 0.310 e. The average Bonchev–Trinajstić information content (AvgIpc) is 3.30. The van der Waals surface area contributed by atoms with Gasteiger partial charge in [0, 0.05) is 12.8 Å². The summed E-state index contributed by atoms with van der Waals surface area (Å²) >= 11 is 0. The van der Waals surface area contributed by atoms with Gasteiger partial charge in [-0.2, -0.15) is 0 Å². The van der Waals surface area contributed by atoms with E-state index in [2.05, 4.69) is 93.7 Å². The molecule has 6 nitrogen and oxygen atoms in total. The predicted molar refractivity (Wildman–Crippen MR) is 279 cm³/mol. The molecule has 0 aliphatic rings. The highest BCUT2D eigenvalue weighted by molar-refractivity contribution is 5.72. The molecular formula is C59H100O6. The summed E-state index contributed by atoms with van der Waals surface area (Å²) in [4.78, 5) is 38.0. The fourth-order valence-corrected chi connectivity index (χ4v) is 7.33. The Labute approximate surface area is 401 Å². The number of unbranched alkanes of at least 4 members (excludes halogenated alkanes) is 24. The van der Waals surface area contributed by atoms with Crippen molar-refractivity contribution in [2.75, 3.05) is 13.2 Å². The van der Waals surface area contributed by atoms with Crippen LogP contribution in [-0.4, -0.2) is 37.2 Å². The fraction of sp³-hybridized carbons (Fsp3) is 0.712.